The fraction of sp³-hybridized carbons (Fsp3) is 0.458. The summed E-state index contributed by atoms with van der Waals surface area (Å²) >= 11 is 0. The van der Waals surface area contributed by atoms with Gasteiger partial charge in [-0.3, -0.25) is 4.79 Å². The third-order valence-corrected chi connectivity index (χ3v) is 6.24. The number of aliphatic hydroxyl groups excluding tert-OH is 1. The fourth-order valence-corrected chi connectivity index (χ4v) is 4.80. The lowest BCUT2D eigenvalue weighted by atomic mass is 9.83. The molecule has 0 spiro atoms. The van der Waals surface area contributed by atoms with Gasteiger partial charge in [-0.25, -0.2) is 10.9 Å². The van der Waals surface area contributed by atoms with Gasteiger partial charge in [0.2, 0.25) is 5.91 Å². The fourth-order valence-electron chi connectivity index (χ4n) is 4.80. The summed E-state index contributed by atoms with van der Waals surface area (Å²) in [6.07, 6.45) is 3.28. The second-order valence-electron chi connectivity index (χ2n) is 8.21. The highest BCUT2D eigenvalue weighted by Crippen LogP contribution is 2.48. The van der Waals surface area contributed by atoms with E-state index >= 15 is 0 Å². The topological polar surface area (TPSA) is 94.1 Å². The molecule has 0 radical (unpaired) electrons. The minimum absolute atomic E-state index is 0.0521. The molecule has 31 heavy (non-hydrogen) atoms. The van der Waals surface area contributed by atoms with Gasteiger partial charge in [0.05, 0.1) is 25.3 Å². The summed E-state index contributed by atoms with van der Waals surface area (Å²) < 4.78 is 5.95. The van der Waals surface area contributed by atoms with Crippen molar-refractivity contribution in [1.29, 1.82) is 0 Å². The number of para-hydroxylation sites is 1. The van der Waals surface area contributed by atoms with Crippen LogP contribution in [-0.2, 0) is 4.79 Å². The molecule has 7 nitrogen and oxygen atoms in total. The third-order valence-electron chi connectivity index (χ3n) is 6.24. The molecule has 2 saturated heterocycles. The van der Waals surface area contributed by atoms with E-state index < -0.39 is 6.04 Å². The van der Waals surface area contributed by atoms with E-state index in [1.807, 2.05) is 36.4 Å². The molecular weight excluding hydrogens is 394 g/mol. The van der Waals surface area contributed by atoms with Crippen LogP contribution in [0.3, 0.4) is 0 Å². The summed E-state index contributed by atoms with van der Waals surface area (Å²) in [6, 6.07) is 14.1. The average molecular weight is 426 g/mol. The lowest BCUT2D eigenvalue weighted by Crippen LogP contribution is -2.42. The minimum atomic E-state index is -0.435. The molecule has 1 amide bonds. The largest absolute Gasteiger partial charge is 0.508 e. The summed E-state index contributed by atoms with van der Waals surface area (Å²) in [5.74, 6) is 0.778. The van der Waals surface area contributed by atoms with Crippen molar-refractivity contribution in [3.63, 3.8) is 0 Å². The Kier molecular flexibility index (Phi) is 6.75. The van der Waals surface area contributed by atoms with E-state index in [4.69, 9.17) is 4.74 Å². The van der Waals surface area contributed by atoms with Gasteiger partial charge in [0, 0.05) is 18.0 Å². The van der Waals surface area contributed by atoms with Crippen LogP contribution in [0.15, 0.2) is 48.5 Å². The lowest BCUT2D eigenvalue weighted by molar-refractivity contribution is -0.131. The number of carbonyl (C=O) groups is 1. The van der Waals surface area contributed by atoms with Crippen LogP contribution >= 0.6 is 0 Å². The Labute approximate surface area is 183 Å². The van der Waals surface area contributed by atoms with Gasteiger partial charge in [0.25, 0.3) is 0 Å². The average Bonchev–Trinajstić information content (AvgIpc) is 3.31. The molecule has 2 aromatic carbocycles. The predicted molar refractivity (Wildman–Crippen MR) is 117 cm³/mol. The van der Waals surface area contributed by atoms with Gasteiger partial charge in [-0.05, 0) is 30.2 Å². The lowest BCUT2D eigenvalue weighted by Gasteiger charge is -2.31. The van der Waals surface area contributed by atoms with E-state index in [0.717, 1.165) is 36.1 Å². The number of hydrogen-bond donors (Lipinski definition) is 4. The zero-order valence-corrected chi connectivity index (χ0v) is 17.8. The van der Waals surface area contributed by atoms with Crippen molar-refractivity contribution in [2.24, 2.45) is 5.92 Å². The second kappa shape index (κ2) is 9.68. The molecule has 4 unspecified atom stereocenters. The number of nitrogens with zero attached hydrogens (tertiary/aromatic N) is 1. The molecule has 2 fully saturated rings. The number of fused-ring (bicyclic) bond motifs is 1. The molecule has 4 rings (SSSR count). The molecule has 0 aromatic heterocycles. The number of aliphatic hydroxyl groups is 1. The van der Waals surface area contributed by atoms with Crippen LogP contribution in [0.1, 0.15) is 49.4 Å². The normalized spacial score (nSPS) is 25.1. The highest BCUT2D eigenvalue weighted by molar-refractivity contribution is 5.86. The van der Waals surface area contributed by atoms with Gasteiger partial charge in [-0.2, -0.15) is 0 Å². The molecule has 4 N–H and O–H groups in total. The first-order valence-corrected chi connectivity index (χ1v) is 11.1. The molecule has 2 aliphatic heterocycles. The Bertz CT molecular complexity index is 906. The van der Waals surface area contributed by atoms with E-state index in [0.29, 0.717) is 6.61 Å². The van der Waals surface area contributed by atoms with Crippen molar-refractivity contribution >= 4 is 5.91 Å². The molecule has 0 saturated carbocycles. The van der Waals surface area contributed by atoms with Crippen molar-refractivity contribution in [3.05, 3.63) is 59.7 Å². The van der Waals surface area contributed by atoms with E-state index in [2.05, 4.69) is 17.8 Å². The highest BCUT2D eigenvalue weighted by Gasteiger charge is 2.55. The summed E-state index contributed by atoms with van der Waals surface area (Å²) in [5.41, 5.74) is 8.06. The Morgan fingerprint density at radius 3 is 2.65 bits per heavy atom. The number of hydrazine groups is 1. The molecule has 166 valence electrons. The number of phenols is 1. The van der Waals surface area contributed by atoms with Crippen LogP contribution in [-0.4, -0.2) is 46.8 Å². The molecule has 2 heterocycles. The third kappa shape index (κ3) is 4.26. The van der Waals surface area contributed by atoms with E-state index in [1.165, 1.54) is 0 Å². The number of ether oxygens (including phenoxy) is 1. The molecular formula is C24H31N3O4. The Morgan fingerprint density at radius 2 is 1.87 bits per heavy atom. The zero-order chi connectivity index (χ0) is 21.8. The smallest absolute Gasteiger partial charge is 0.242 e. The van der Waals surface area contributed by atoms with Gasteiger partial charge in [-0.1, -0.05) is 50.1 Å². The number of carbonyl (C=O) groups excluding carboxylic acids is 1. The first kappa shape index (κ1) is 21.6. The first-order chi connectivity index (χ1) is 15.2. The van der Waals surface area contributed by atoms with Gasteiger partial charge in [-0.15, -0.1) is 0 Å². The monoisotopic (exact) mass is 425 g/mol. The summed E-state index contributed by atoms with van der Waals surface area (Å²) in [7, 11) is 0. The van der Waals surface area contributed by atoms with Crippen LogP contribution in [0.4, 0.5) is 0 Å². The van der Waals surface area contributed by atoms with Crippen molar-refractivity contribution in [2.75, 3.05) is 19.8 Å². The van der Waals surface area contributed by atoms with Crippen molar-refractivity contribution < 1.29 is 19.7 Å². The number of likely N-dealkylation sites (tertiary alicyclic amines) is 1. The molecule has 0 aliphatic carbocycles. The molecule has 2 aromatic rings. The predicted octanol–water partition coefficient (Wildman–Crippen LogP) is 2.67. The Balaban J connectivity index is 1.66. The van der Waals surface area contributed by atoms with Gasteiger partial charge < -0.3 is 19.8 Å². The van der Waals surface area contributed by atoms with Gasteiger partial charge in [0.15, 0.2) is 0 Å². The number of aromatic hydroxyl groups is 1. The maximum absolute atomic E-state index is 13.2. The zero-order valence-electron chi connectivity index (χ0n) is 17.8. The van der Waals surface area contributed by atoms with Crippen LogP contribution in [0.2, 0.25) is 0 Å². The maximum atomic E-state index is 13.2. The first-order valence-electron chi connectivity index (χ1n) is 11.1. The van der Waals surface area contributed by atoms with Crippen molar-refractivity contribution in [3.8, 4) is 11.5 Å². The van der Waals surface area contributed by atoms with Gasteiger partial charge >= 0.3 is 0 Å². The standard InChI is InChI=1S/C24H31N3O4/c1-2-3-6-14-31-17-9-7-8-16(15-17)23-20-21(18-10-4-5-11-19(18)29)25-26-22(20)24(30)27(23)12-13-28/h4-5,7-11,15,20-23,25-26,28-29H,2-3,6,12-14H2,1H3. The number of hydrogen-bond acceptors (Lipinski definition) is 6. The summed E-state index contributed by atoms with van der Waals surface area (Å²) in [6.45, 7) is 2.97. The van der Waals surface area contributed by atoms with Gasteiger partial charge in [0.1, 0.15) is 17.5 Å². The number of β-amino-alcohol motifs (C(OH)–C–C–N with tert-alkyl or cyclic N) is 1. The number of phenolic OH excluding ortho intramolecular Hbond substituents is 1. The second-order valence-corrected chi connectivity index (χ2v) is 8.21. The summed E-state index contributed by atoms with van der Waals surface area (Å²) in [5, 5.41) is 20.1. The number of unbranched alkanes of at least 4 members (excludes halogenated alkanes) is 2. The Morgan fingerprint density at radius 1 is 1.06 bits per heavy atom. The highest BCUT2D eigenvalue weighted by atomic mass is 16.5. The molecule has 4 atom stereocenters. The molecule has 2 aliphatic rings. The van der Waals surface area contributed by atoms with E-state index in [9.17, 15) is 15.0 Å². The quantitative estimate of drug-likeness (QED) is 0.462. The number of rotatable bonds is 9. The van der Waals surface area contributed by atoms with Crippen LogP contribution in [0.5, 0.6) is 11.5 Å². The van der Waals surface area contributed by atoms with E-state index in [1.54, 1.807) is 17.0 Å². The van der Waals surface area contributed by atoms with Crippen molar-refractivity contribution in [1.82, 2.24) is 15.8 Å². The molecule has 7 heteroatoms. The summed E-state index contributed by atoms with van der Waals surface area (Å²) in [4.78, 5) is 14.9. The number of amides is 1. The maximum Gasteiger partial charge on any atom is 0.242 e. The van der Waals surface area contributed by atoms with Crippen molar-refractivity contribution in [2.45, 2.75) is 44.3 Å². The Hall–Kier alpha value is -2.61. The van der Waals surface area contributed by atoms with E-state index in [-0.39, 0.29) is 42.8 Å². The molecule has 0 bridgehead atoms. The van der Waals surface area contributed by atoms with Crippen LogP contribution < -0.4 is 15.6 Å². The number of nitrogens with one attached hydrogen (secondary N) is 2. The van der Waals surface area contributed by atoms with Crippen LogP contribution in [0.25, 0.3) is 0 Å². The minimum Gasteiger partial charge on any atom is -0.508 e. The SMILES string of the molecule is CCCCCOc1cccc(C2C3C(NNC3c3ccccc3O)C(=O)N2CCO)c1. The van der Waals surface area contributed by atoms with Crippen LogP contribution in [0, 0.1) is 5.92 Å². The number of benzene rings is 2.